The van der Waals surface area contributed by atoms with Crippen LogP contribution < -0.4 is 10.4 Å². The molecule has 1 aromatic rings. The monoisotopic (exact) mass is 308 g/mol. The summed E-state index contributed by atoms with van der Waals surface area (Å²) >= 11 is 5.90. The first-order valence-electron chi connectivity index (χ1n) is 7.31. The minimum atomic E-state index is -1.11. The molecule has 1 aliphatic carbocycles. The summed E-state index contributed by atoms with van der Waals surface area (Å²) in [7, 11) is 0. The van der Waals surface area contributed by atoms with E-state index in [1.54, 1.807) is 6.07 Å². The second-order valence-corrected chi connectivity index (χ2v) is 5.92. The number of carbonyl (C=O) groups excluding carboxylic acids is 2. The minimum absolute atomic E-state index is 0.175. The molecule has 0 radical (unpaired) electrons. The summed E-state index contributed by atoms with van der Waals surface area (Å²) in [5.41, 5.74) is 1.04. The third kappa shape index (κ3) is 4.46. The fraction of sp³-hybridized carbons (Fsp3) is 0.500. The van der Waals surface area contributed by atoms with Gasteiger partial charge in [-0.15, -0.1) is 0 Å². The largest absolute Gasteiger partial charge is 0.550 e. The van der Waals surface area contributed by atoms with Crippen molar-refractivity contribution in [1.29, 1.82) is 0 Å². The van der Waals surface area contributed by atoms with E-state index in [1.807, 2.05) is 18.2 Å². The normalized spacial score (nSPS) is 21.8. The van der Waals surface area contributed by atoms with Crippen molar-refractivity contribution in [3.8, 4) is 0 Å². The second-order valence-electron chi connectivity index (χ2n) is 5.49. The zero-order valence-corrected chi connectivity index (χ0v) is 12.6. The van der Waals surface area contributed by atoms with Crippen molar-refractivity contribution < 1.29 is 14.7 Å². The molecule has 21 heavy (non-hydrogen) atoms. The highest BCUT2D eigenvalue weighted by atomic mass is 35.5. The number of benzene rings is 1. The fourth-order valence-electron chi connectivity index (χ4n) is 2.88. The SMILES string of the molecule is O=C([O-])[C@@H]1CCCC[C@H]1C(=O)NCCc1cccc(Cl)c1. The highest BCUT2D eigenvalue weighted by Gasteiger charge is 2.31. The van der Waals surface area contributed by atoms with Gasteiger partial charge >= 0.3 is 0 Å². The van der Waals surface area contributed by atoms with Gasteiger partial charge in [-0.25, -0.2) is 0 Å². The maximum absolute atomic E-state index is 12.1. The molecule has 0 spiro atoms. The summed E-state index contributed by atoms with van der Waals surface area (Å²) in [5, 5.41) is 14.6. The molecule has 1 aromatic carbocycles. The zero-order valence-electron chi connectivity index (χ0n) is 11.8. The molecule has 5 heteroatoms. The molecule has 0 heterocycles. The standard InChI is InChI=1S/C16H20ClNO3/c17-12-5-3-4-11(10-12)8-9-18-15(19)13-6-1-2-7-14(13)16(20)21/h3-5,10,13-14H,1-2,6-9H2,(H,18,19)(H,20,21)/p-1/t13-,14-/m1/s1. The number of rotatable bonds is 5. The predicted octanol–water partition coefficient (Wildman–Crippen LogP) is 1.55. The van der Waals surface area contributed by atoms with Gasteiger partial charge < -0.3 is 15.2 Å². The van der Waals surface area contributed by atoms with Crippen LogP contribution in [0.2, 0.25) is 5.02 Å². The molecule has 0 unspecified atom stereocenters. The lowest BCUT2D eigenvalue weighted by molar-refractivity contribution is -0.314. The number of nitrogens with one attached hydrogen (secondary N) is 1. The van der Waals surface area contributed by atoms with Crippen molar-refractivity contribution in [2.45, 2.75) is 32.1 Å². The van der Waals surface area contributed by atoms with Crippen molar-refractivity contribution in [3.05, 3.63) is 34.9 Å². The summed E-state index contributed by atoms with van der Waals surface area (Å²) < 4.78 is 0. The van der Waals surface area contributed by atoms with Crippen LogP contribution in [-0.4, -0.2) is 18.4 Å². The van der Waals surface area contributed by atoms with Crippen molar-refractivity contribution in [2.75, 3.05) is 6.54 Å². The van der Waals surface area contributed by atoms with Crippen molar-refractivity contribution >= 4 is 23.5 Å². The second kappa shape index (κ2) is 7.46. The highest BCUT2D eigenvalue weighted by molar-refractivity contribution is 6.30. The minimum Gasteiger partial charge on any atom is -0.550 e. The van der Waals surface area contributed by atoms with E-state index in [2.05, 4.69) is 5.32 Å². The number of aliphatic carboxylic acids is 1. The first-order valence-corrected chi connectivity index (χ1v) is 7.68. The van der Waals surface area contributed by atoms with Crippen LogP contribution in [0.25, 0.3) is 0 Å². The Labute approximate surface area is 129 Å². The Morgan fingerprint density at radius 3 is 2.62 bits per heavy atom. The van der Waals surface area contributed by atoms with Crippen molar-refractivity contribution in [2.24, 2.45) is 11.8 Å². The molecule has 0 saturated heterocycles. The smallest absolute Gasteiger partial charge is 0.223 e. The molecule has 1 amide bonds. The molecule has 1 N–H and O–H groups in total. The van der Waals surface area contributed by atoms with Gasteiger partial charge in [0.1, 0.15) is 0 Å². The van der Waals surface area contributed by atoms with E-state index in [4.69, 9.17) is 11.6 Å². The molecule has 2 atom stereocenters. The Morgan fingerprint density at radius 1 is 1.24 bits per heavy atom. The first kappa shape index (κ1) is 15.8. The van der Waals surface area contributed by atoms with Gasteiger partial charge in [0.25, 0.3) is 0 Å². The Kier molecular flexibility index (Phi) is 5.62. The molecule has 0 aliphatic heterocycles. The summed E-state index contributed by atoms with van der Waals surface area (Å²) in [4.78, 5) is 23.2. The molecular weight excluding hydrogens is 290 g/mol. The van der Waals surface area contributed by atoms with Gasteiger partial charge in [0.05, 0.1) is 0 Å². The number of halogens is 1. The van der Waals surface area contributed by atoms with Crippen LogP contribution in [0.15, 0.2) is 24.3 Å². The summed E-state index contributed by atoms with van der Waals surface area (Å²) in [6.07, 6.45) is 3.59. The zero-order chi connectivity index (χ0) is 15.2. The summed E-state index contributed by atoms with van der Waals surface area (Å²) in [6.45, 7) is 0.482. The lowest BCUT2D eigenvalue weighted by atomic mass is 9.78. The van der Waals surface area contributed by atoms with Crippen molar-refractivity contribution in [3.63, 3.8) is 0 Å². The number of carboxylic acid groups (broad SMARTS) is 1. The topological polar surface area (TPSA) is 69.2 Å². The average molecular weight is 309 g/mol. The maximum Gasteiger partial charge on any atom is 0.223 e. The summed E-state index contributed by atoms with van der Waals surface area (Å²) in [6, 6.07) is 7.48. The van der Waals surface area contributed by atoms with E-state index in [0.717, 1.165) is 18.4 Å². The van der Waals surface area contributed by atoms with E-state index < -0.39 is 17.8 Å². The van der Waals surface area contributed by atoms with Crippen molar-refractivity contribution in [1.82, 2.24) is 5.32 Å². The lowest BCUT2D eigenvalue weighted by Gasteiger charge is -2.31. The van der Waals surface area contributed by atoms with Crippen LogP contribution in [0.4, 0.5) is 0 Å². The van der Waals surface area contributed by atoms with Crippen LogP contribution in [0, 0.1) is 11.8 Å². The van der Waals surface area contributed by atoms with E-state index in [9.17, 15) is 14.7 Å². The lowest BCUT2D eigenvalue weighted by Crippen LogP contribution is -2.44. The van der Waals surface area contributed by atoms with Crippen LogP contribution in [0.1, 0.15) is 31.2 Å². The van der Waals surface area contributed by atoms with Crippen LogP contribution in [-0.2, 0) is 16.0 Å². The third-order valence-electron chi connectivity index (χ3n) is 4.01. The molecule has 4 nitrogen and oxygen atoms in total. The molecule has 114 valence electrons. The van der Waals surface area contributed by atoms with E-state index in [0.29, 0.717) is 30.8 Å². The maximum atomic E-state index is 12.1. The van der Waals surface area contributed by atoms with Gasteiger partial charge in [-0.3, -0.25) is 4.79 Å². The number of hydrogen-bond donors (Lipinski definition) is 1. The van der Waals surface area contributed by atoms with Gasteiger partial charge in [-0.2, -0.15) is 0 Å². The fourth-order valence-corrected chi connectivity index (χ4v) is 3.09. The molecule has 0 bridgehead atoms. The van der Waals surface area contributed by atoms with Gasteiger partial charge in [0.15, 0.2) is 0 Å². The predicted molar refractivity (Wildman–Crippen MR) is 78.6 cm³/mol. The van der Waals surface area contributed by atoms with Gasteiger partial charge in [-0.1, -0.05) is 36.6 Å². The number of carbonyl (C=O) groups is 2. The average Bonchev–Trinajstić information content (AvgIpc) is 2.47. The van der Waals surface area contributed by atoms with Crippen LogP contribution in [0.3, 0.4) is 0 Å². The van der Waals surface area contributed by atoms with E-state index >= 15 is 0 Å². The number of carboxylic acids is 1. The van der Waals surface area contributed by atoms with E-state index in [-0.39, 0.29) is 5.91 Å². The van der Waals surface area contributed by atoms with Gasteiger partial charge in [0, 0.05) is 29.4 Å². The quantitative estimate of drug-likeness (QED) is 0.897. The number of amides is 1. The molecule has 1 fully saturated rings. The molecule has 0 aromatic heterocycles. The Morgan fingerprint density at radius 2 is 1.95 bits per heavy atom. The van der Waals surface area contributed by atoms with Gasteiger partial charge in [-0.05, 0) is 37.0 Å². The molecule has 2 rings (SSSR count). The molecule has 1 saturated carbocycles. The number of hydrogen-bond acceptors (Lipinski definition) is 3. The van der Waals surface area contributed by atoms with Crippen LogP contribution >= 0.6 is 11.6 Å². The summed E-state index contributed by atoms with van der Waals surface area (Å²) in [5.74, 6) is -2.39. The third-order valence-corrected chi connectivity index (χ3v) is 4.24. The Hall–Kier alpha value is -1.55. The van der Waals surface area contributed by atoms with E-state index in [1.165, 1.54) is 0 Å². The molecular formula is C16H19ClNO3-. The van der Waals surface area contributed by atoms with Gasteiger partial charge in [0.2, 0.25) is 5.91 Å². The Balaban J connectivity index is 1.84. The molecule has 1 aliphatic rings. The first-order chi connectivity index (χ1) is 10.1. The Bertz CT molecular complexity index is 518. The highest BCUT2D eigenvalue weighted by Crippen LogP contribution is 2.29. The van der Waals surface area contributed by atoms with Crippen LogP contribution in [0.5, 0.6) is 0 Å².